The third-order valence-electron chi connectivity index (χ3n) is 3.81. The van der Waals surface area contributed by atoms with E-state index >= 15 is 0 Å². The Morgan fingerprint density at radius 1 is 1.17 bits per heavy atom. The molecule has 1 atom stereocenters. The van der Waals surface area contributed by atoms with Crippen molar-refractivity contribution in [1.29, 1.82) is 0 Å². The van der Waals surface area contributed by atoms with E-state index in [1.807, 2.05) is 30.3 Å². The SMILES string of the molecule is O=C(OCc1ccccc1)c1cc(OC2CCCCO2)ccc1O. The van der Waals surface area contributed by atoms with Crippen molar-refractivity contribution in [1.82, 2.24) is 0 Å². The minimum absolute atomic E-state index is 0.0826. The zero-order chi connectivity index (χ0) is 16.8. The molecular weight excluding hydrogens is 308 g/mol. The molecule has 0 bridgehead atoms. The van der Waals surface area contributed by atoms with E-state index in [4.69, 9.17) is 14.2 Å². The molecule has 0 amide bonds. The predicted molar refractivity (Wildman–Crippen MR) is 87.9 cm³/mol. The number of benzene rings is 2. The summed E-state index contributed by atoms with van der Waals surface area (Å²) in [5.41, 5.74) is 0.965. The molecule has 24 heavy (non-hydrogen) atoms. The maximum absolute atomic E-state index is 12.2. The van der Waals surface area contributed by atoms with Crippen molar-refractivity contribution in [3.8, 4) is 11.5 Å². The number of carbonyl (C=O) groups excluding carboxylic acids is 1. The molecule has 2 aromatic carbocycles. The number of rotatable bonds is 5. The number of phenols is 1. The van der Waals surface area contributed by atoms with Crippen molar-refractivity contribution in [3.05, 3.63) is 59.7 Å². The number of carbonyl (C=O) groups is 1. The fourth-order valence-electron chi connectivity index (χ4n) is 2.51. The van der Waals surface area contributed by atoms with Gasteiger partial charge in [0.15, 0.2) is 6.29 Å². The highest BCUT2D eigenvalue weighted by molar-refractivity contribution is 5.92. The standard InChI is InChI=1S/C19H20O5/c20-17-10-9-15(24-18-8-4-5-11-22-18)12-16(17)19(21)23-13-14-6-2-1-3-7-14/h1-3,6-7,9-10,12,18,20H,4-5,8,11,13H2. The molecule has 0 aromatic heterocycles. The number of esters is 1. The van der Waals surface area contributed by atoms with Gasteiger partial charge in [0.2, 0.25) is 0 Å². The van der Waals surface area contributed by atoms with E-state index in [1.165, 1.54) is 12.1 Å². The Morgan fingerprint density at radius 3 is 2.75 bits per heavy atom. The van der Waals surface area contributed by atoms with E-state index in [0.29, 0.717) is 12.4 Å². The number of phenolic OH excluding ortho intramolecular Hbond substituents is 1. The van der Waals surface area contributed by atoms with Gasteiger partial charge in [0.25, 0.3) is 0 Å². The summed E-state index contributed by atoms with van der Waals surface area (Å²) < 4.78 is 16.5. The molecule has 5 heteroatoms. The van der Waals surface area contributed by atoms with Crippen molar-refractivity contribution in [2.24, 2.45) is 0 Å². The molecule has 1 saturated heterocycles. The van der Waals surface area contributed by atoms with E-state index < -0.39 is 5.97 Å². The number of ether oxygens (including phenoxy) is 3. The molecule has 3 rings (SSSR count). The normalized spacial score (nSPS) is 17.2. The Morgan fingerprint density at radius 2 is 2.00 bits per heavy atom. The third-order valence-corrected chi connectivity index (χ3v) is 3.81. The quantitative estimate of drug-likeness (QED) is 0.849. The van der Waals surface area contributed by atoms with Crippen LogP contribution in [0.4, 0.5) is 0 Å². The monoisotopic (exact) mass is 328 g/mol. The zero-order valence-electron chi connectivity index (χ0n) is 13.3. The van der Waals surface area contributed by atoms with Gasteiger partial charge >= 0.3 is 5.97 Å². The second kappa shape index (κ2) is 7.84. The topological polar surface area (TPSA) is 65.0 Å². The summed E-state index contributed by atoms with van der Waals surface area (Å²) in [5.74, 6) is -0.247. The first-order valence-electron chi connectivity index (χ1n) is 8.05. The Hall–Kier alpha value is -2.53. The van der Waals surface area contributed by atoms with Gasteiger partial charge in [0.05, 0.1) is 6.61 Å². The molecule has 0 spiro atoms. The van der Waals surface area contributed by atoms with E-state index in [-0.39, 0.29) is 24.2 Å². The Labute approximate surface area is 140 Å². The lowest BCUT2D eigenvalue weighted by molar-refractivity contribution is -0.105. The van der Waals surface area contributed by atoms with Crippen molar-refractivity contribution in [2.75, 3.05) is 6.61 Å². The van der Waals surface area contributed by atoms with Crippen LogP contribution in [0.25, 0.3) is 0 Å². The van der Waals surface area contributed by atoms with Crippen LogP contribution in [0.15, 0.2) is 48.5 Å². The van der Waals surface area contributed by atoms with Gasteiger partial charge in [0.1, 0.15) is 23.7 Å². The van der Waals surface area contributed by atoms with Gasteiger partial charge in [-0.15, -0.1) is 0 Å². The fourth-order valence-corrected chi connectivity index (χ4v) is 2.51. The van der Waals surface area contributed by atoms with E-state index in [0.717, 1.165) is 24.8 Å². The molecule has 2 aromatic rings. The van der Waals surface area contributed by atoms with Gasteiger partial charge in [0, 0.05) is 6.42 Å². The van der Waals surface area contributed by atoms with Crippen LogP contribution in [-0.4, -0.2) is 24.0 Å². The highest BCUT2D eigenvalue weighted by atomic mass is 16.7. The highest BCUT2D eigenvalue weighted by Crippen LogP contribution is 2.26. The van der Waals surface area contributed by atoms with Crippen molar-refractivity contribution >= 4 is 5.97 Å². The minimum Gasteiger partial charge on any atom is -0.507 e. The maximum atomic E-state index is 12.2. The third kappa shape index (κ3) is 4.26. The molecule has 0 saturated carbocycles. The van der Waals surface area contributed by atoms with Gasteiger partial charge in [-0.05, 0) is 36.6 Å². The van der Waals surface area contributed by atoms with Crippen molar-refractivity contribution < 1.29 is 24.1 Å². The number of hydrogen-bond acceptors (Lipinski definition) is 5. The van der Waals surface area contributed by atoms with Gasteiger partial charge in [-0.2, -0.15) is 0 Å². The fraction of sp³-hybridized carbons (Fsp3) is 0.316. The summed E-state index contributed by atoms with van der Waals surface area (Å²) in [5, 5.41) is 9.92. The Kier molecular flexibility index (Phi) is 5.33. The van der Waals surface area contributed by atoms with Crippen LogP contribution in [0.3, 0.4) is 0 Å². The molecule has 1 fully saturated rings. The molecule has 5 nitrogen and oxygen atoms in total. The van der Waals surface area contributed by atoms with E-state index in [1.54, 1.807) is 6.07 Å². The van der Waals surface area contributed by atoms with Gasteiger partial charge in [-0.25, -0.2) is 4.79 Å². The molecule has 1 heterocycles. The smallest absolute Gasteiger partial charge is 0.342 e. The van der Waals surface area contributed by atoms with Crippen LogP contribution in [0.2, 0.25) is 0 Å². The van der Waals surface area contributed by atoms with Gasteiger partial charge in [-0.3, -0.25) is 0 Å². The lowest BCUT2D eigenvalue weighted by atomic mass is 10.2. The molecule has 1 aliphatic rings. The van der Waals surface area contributed by atoms with Gasteiger partial charge in [-0.1, -0.05) is 30.3 Å². The zero-order valence-corrected chi connectivity index (χ0v) is 13.3. The summed E-state index contributed by atoms with van der Waals surface area (Å²) in [7, 11) is 0. The lowest BCUT2D eigenvalue weighted by Crippen LogP contribution is -2.25. The second-order valence-electron chi connectivity index (χ2n) is 5.65. The van der Waals surface area contributed by atoms with Crippen LogP contribution in [0, 0.1) is 0 Å². The highest BCUT2D eigenvalue weighted by Gasteiger charge is 2.18. The van der Waals surface area contributed by atoms with Crippen LogP contribution < -0.4 is 4.74 Å². The molecule has 0 radical (unpaired) electrons. The number of aromatic hydroxyl groups is 1. The molecule has 0 aliphatic carbocycles. The molecule has 126 valence electrons. The average molecular weight is 328 g/mol. The molecule has 1 unspecified atom stereocenters. The average Bonchev–Trinajstić information content (AvgIpc) is 2.63. The summed E-state index contributed by atoms with van der Waals surface area (Å²) in [4.78, 5) is 12.2. The first kappa shape index (κ1) is 16.3. The number of hydrogen-bond donors (Lipinski definition) is 1. The van der Waals surface area contributed by atoms with E-state index in [9.17, 15) is 9.90 Å². The van der Waals surface area contributed by atoms with Crippen LogP contribution >= 0.6 is 0 Å². The molecule has 1 N–H and O–H groups in total. The van der Waals surface area contributed by atoms with Crippen molar-refractivity contribution in [2.45, 2.75) is 32.2 Å². The molecule has 1 aliphatic heterocycles. The van der Waals surface area contributed by atoms with E-state index in [2.05, 4.69) is 0 Å². The molecular formula is C19H20O5. The minimum atomic E-state index is -0.591. The lowest BCUT2D eigenvalue weighted by Gasteiger charge is -2.23. The second-order valence-corrected chi connectivity index (χ2v) is 5.65. The summed E-state index contributed by atoms with van der Waals surface area (Å²) in [6, 6.07) is 13.9. The van der Waals surface area contributed by atoms with Gasteiger partial charge < -0.3 is 19.3 Å². The summed E-state index contributed by atoms with van der Waals surface area (Å²) in [6.07, 6.45) is 2.59. The van der Waals surface area contributed by atoms with Crippen LogP contribution in [0.1, 0.15) is 35.2 Å². The Bertz CT molecular complexity index is 677. The van der Waals surface area contributed by atoms with Crippen LogP contribution in [0.5, 0.6) is 11.5 Å². The largest absolute Gasteiger partial charge is 0.507 e. The first-order chi connectivity index (χ1) is 11.7. The summed E-state index contributed by atoms with van der Waals surface area (Å²) >= 11 is 0. The summed E-state index contributed by atoms with van der Waals surface area (Å²) in [6.45, 7) is 0.824. The first-order valence-corrected chi connectivity index (χ1v) is 8.05. The Balaban J connectivity index is 1.65. The van der Waals surface area contributed by atoms with Crippen LogP contribution in [-0.2, 0) is 16.1 Å². The van der Waals surface area contributed by atoms with Crippen molar-refractivity contribution in [3.63, 3.8) is 0 Å². The predicted octanol–water partition coefficient (Wildman–Crippen LogP) is 3.65. The maximum Gasteiger partial charge on any atom is 0.342 e.